The van der Waals surface area contributed by atoms with Crippen molar-refractivity contribution < 1.29 is 23.4 Å². The second kappa shape index (κ2) is 11.8. The molecule has 2 aromatic carbocycles. The number of aromatic nitrogens is 6. The molecule has 1 N–H and O–H groups in total. The molecule has 202 valence electrons. The average Bonchev–Trinajstić information content (AvgIpc) is 3.48. The molecule has 1 fully saturated rings. The first-order valence-electron chi connectivity index (χ1n) is 12.3. The van der Waals surface area contributed by atoms with Gasteiger partial charge >= 0.3 is 0 Å². The highest BCUT2D eigenvalue weighted by Gasteiger charge is 2.20. The van der Waals surface area contributed by atoms with Gasteiger partial charge in [0.1, 0.15) is 18.2 Å². The fourth-order valence-electron chi connectivity index (χ4n) is 4.09. The van der Waals surface area contributed by atoms with Crippen LogP contribution in [0, 0.1) is 5.82 Å². The normalized spacial score (nSPS) is 14.1. The molecule has 0 spiro atoms. The molecule has 0 aliphatic carbocycles. The number of benzene rings is 2. The van der Waals surface area contributed by atoms with E-state index in [9.17, 15) is 9.18 Å². The Kier molecular flexibility index (Phi) is 7.87. The average molecular weight is 535 g/mol. The molecule has 1 aliphatic rings. The summed E-state index contributed by atoms with van der Waals surface area (Å²) in [5.41, 5.74) is 2.50. The molecule has 1 saturated heterocycles. The van der Waals surface area contributed by atoms with Gasteiger partial charge in [0.15, 0.2) is 11.6 Å². The van der Waals surface area contributed by atoms with Gasteiger partial charge in [0, 0.05) is 36.6 Å². The van der Waals surface area contributed by atoms with E-state index < -0.39 is 5.82 Å². The molecule has 2 aromatic heterocycles. The summed E-state index contributed by atoms with van der Waals surface area (Å²) in [6.45, 7) is 4.35. The van der Waals surface area contributed by atoms with Gasteiger partial charge in [-0.15, -0.1) is 5.10 Å². The molecule has 1 atom stereocenters. The molecule has 0 saturated carbocycles. The number of nitrogens with one attached hydrogen (secondary N) is 1. The predicted octanol–water partition coefficient (Wildman–Crippen LogP) is 2.96. The number of carbonyl (C=O) groups is 1. The van der Waals surface area contributed by atoms with Crippen LogP contribution in [0.3, 0.4) is 0 Å². The number of anilines is 2. The minimum Gasteiger partial charge on any atom is -0.495 e. The van der Waals surface area contributed by atoms with Crippen molar-refractivity contribution >= 4 is 17.5 Å². The van der Waals surface area contributed by atoms with Gasteiger partial charge in [0.2, 0.25) is 5.95 Å². The highest BCUT2D eigenvalue weighted by molar-refractivity contribution is 5.95. The monoisotopic (exact) mass is 534 g/mol. The van der Waals surface area contributed by atoms with Crippen molar-refractivity contribution in [2.75, 3.05) is 38.7 Å². The molecule has 4 aromatic rings. The number of carbonyl (C=O) groups excluding carboxylic acids is 1. The maximum atomic E-state index is 14.4. The highest BCUT2D eigenvalue weighted by Crippen LogP contribution is 2.30. The fraction of sp³-hybridized carbons (Fsp3) is 0.308. The van der Waals surface area contributed by atoms with Crippen molar-refractivity contribution in [3.05, 3.63) is 66.5 Å². The summed E-state index contributed by atoms with van der Waals surface area (Å²) in [6, 6.07) is 9.75. The van der Waals surface area contributed by atoms with Crippen LogP contribution in [0.1, 0.15) is 17.3 Å². The molecule has 1 unspecified atom stereocenters. The molecule has 3 heterocycles. The molecule has 5 rings (SSSR count). The number of morpholine rings is 1. The number of methoxy groups -OCH3 is 1. The van der Waals surface area contributed by atoms with E-state index in [-0.39, 0.29) is 17.8 Å². The van der Waals surface area contributed by atoms with Gasteiger partial charge in [0.05, 0.1) is 32.6 Å². The lowest BCUT2D eigenvalue weighted by molar-refractivity contribution is 0.0302. The van der Waals surface area contributed by atoms with Crippen LogP contribution < -0.4 is 14.8 Å². The van der Waals surface area contributed by atoms with Crippen LogP contribution >= 0.6 is 0 Å². The zero-order valence-electron chi connectivity index (χ0n) is 21.5. The van der Waals surface area contributed by atoms with Gasteiger partial charge in [-0.25, -0.2) is 19.0 Å². The second-order valence-corrected chi connectivity index (χ2v) is 8.85. The van der Waals surface area contributed by atoms with E-state index in [4.69, 9.17) is 14.2 Å². The molecule has 0 radical (unpaired) electrons. The van der Waals surface area contributed by atoms with Gasteiger partial charge in [-0.1, -0.05) is 6.07 Å². The molecule has 12 nitrogen and oxygen atoms in total. The topological polar surface area (TPSA) is 129 Å². The highest BCUT2D eigenvalue weighted by atomic mass is 19.1. The van der Waals surface area contributed by atoms with Crippen LogP contribution in [0.5, 0.6) is 11.5 Å². The number of amides is 1. The number of rotatable bonds is 9. The van der Waals surface area contributed by atoms with Crippen LogP contribution in [-0.4, -0.2) is 80.5 Å². The Hall–Kier alpha value is -4.65. The summed E-state index contributed by atoms with van der Waals surface area (Å²) in [5, 5.41) is 14.1. The summed E-state index contributed by atoms with van der Waals surface area (Å²) >= 11 is 0. The SMILES string of the molecule is COc1cc(C(=O)N2CCOCC2)ccc1Nc1ncc(-c2ccc(F)c(OC(C)Cn3cnnn3)c2)cn1. The number of halogens is 1. The first-order valence-corrected chi connectivity index (χ1v) is 12.3. The Morgan fingerprint density at radius 1 is 1.10 bits per heavy atom. The molecule has 0 bridgehead atoms. The van der Waals surface area contributed by atoms with Crippen molar-refractivity contribution in [2.24, 2.45) is 0 Å². The Labute approximate surface area is 223 Å². The Morgan fingerprint density at radius 3 is 2.62 bits per heavy atom. The van der Waals surface area contributed by atoms with E-state index in [1.54, 1.807) is 54.5 Å². The lowest BCUT2D eigenvalue weighted by atomic mass is 10.1. The van der Waals surface area contributed by atoms with Gasteiger partial charge in [-0.2, -0.15) is 0 Å². The molecular formula is C26H27FN8O4. The molecular weight excluding hydrogens is 507 g/mol. The maximum Gasteiger partial charge on any atom is 0.254 e. The second-order valence-electron chi connectivity index (χ2n) is 8.85. The van der Waals surface area contributed by atoms with Crippen molar-refractivity contribution in [1.29, 1.82) is 0 Å². The number of tetrazole rings is 1. The van der Waals surface area contributed by atoms with Crippen LogP contribution in [0.4, 0.5) is 16.0 Å². The third kappa shape index (κ3) is 6.26. The smallest absolute Gasteiger partial charge is 0.254 e. The maximum absolute atomic E-state index is 14.4. The number of hydrogen-bond acceptors (Lipinski definition) is 10. The zero-order chi connectivity index (χ0) is 27.2. The van der Waals surface area contributed by atoms with Crippen molar-refractivity contribution in [3.63, 3.8) is 0 Å². The minimum absolute atomic E-state index is 0.0730. The lowest BCUT2D eigenvalue weighted by Crippen LogP contribution is -2.40. The van der Waals surface area contributed by atoms with E-state index in [1.165, 1.54) is 24.2 Å². The van der Waals surface area contributed by atoms with Crippen LogP contribution in [0.25, 0.3) is 11.1 Å². The molecule has 13 heteroatoms. The first kappa shape index (κ1) is 26.0. The van der Waals surface area contributed by atoms with E-state index in [0.29, 0.717) is 66.9 Å². The van der Waals surface area contributed by atoms with Crippen molar-refractivity contribution in [3.8, 4) is 22.6 Å². The van der Waals surface area contributed by atoms with Crippen molar-refractivity contribution in [1.82, 2.24) is 35.1 Å². The van der Waals surface area contributed by atoms with E-state index in [1.807, 2.05) is 0 Å². The van der Waals surface area contributed by atoms with Gasteiger partial charge in [-0.05, 0) is 53.2 Å². The molecule has 1 aliphatic heterocycles. The number of hydrogen-bond donors (Lipinski definition) is 1. The minimum atomic E-state index is -0.482. The molecule has 39 heavy (non-hydrogen) atoms. The number of nitrogens with zero attached hydrogens (tertiary/aromatic N) is 7. The van der Waals surface area contributed by atoms with Crippen LogP contribution in [-0.2, 0) is 11.3 Å². The lowest BCUT2D eigenvalue weighted by Gasteiger charge is -2.27. The summed E-state index contributed by atoms with van der Waals surface area (Å²) in [6.07, 6.45) is 4.35. The summed E-state index contributed by atoms with van der Waals surface area (Å²) in [4.78, 5) is 23.4. The fourth-order valence-corrected chi connectivity index (χ4v) is 4.09. The summed E-state index contributed by atoms with van der Waals surface area (Å²) in [7, 11) is 1.53. The Morgan fingerprint density at radius 2 is 1.90 bits per heavy atom. The Balaban J connectivity index is 1.27. The van der Waals surface area contributed by atoms with Crippen molar-refractivity contribution in [2.45, 2.75) is 19.6 Å². The zero-order valence-corrected chi connectivity index (χ0v) is 21.5. The summed E-state index contributed by atoms with van der Waals surface area (Å²) in [5.74, 6) is 0.364. The van der Waals surface area contributed by atoms with Crippen LogP contribution in [0.15, 0.2) is 55.1 Å². The summed E-state index contributed by atoms with van der Waals surface area (Å²) < 4.78 is 32.6. The van der Waals surface area contributed by atoms with Gasteiger partial charge in [-0.3, -0.25) is 4.79 Å². The first-order chi connectivity index (χ1) is 19.0. The van der Waals surface area contributed by atoms with Gasteiger partial charge in [0.25, 0.3) is 5.91 Å². The standard InChI is InChI=1S/C26H27FN8O4/c1-17(15-35-16-30-32-33-35)39-23-11-18(3-5-21(23)27)20-13-28-26(29-14-20)31-22-6-4-19(12-24(22)37-2)25(36)34-7-9-38-10-8-34/h3-6,11-14,16-17H,7-10,15H2,1-2H3,(H,28,29,31). The van der Waals surface area contributed by atoms with Gasteiger partial charge < -0.3 is 24.4 Å². The van der Waals surface area contributed by atoms with E-state index in [0.717, 1.165) is 0 Å². The van der Waals surface area contributed by atoms with Crippen LogP contribution in [0.2, 0.25) is 0 Å². The van der Waals surface area contributed by atoms with E-state index in [2.05, 4.69) is 30.8 Å². The predicted molar refractivity (Wildman–Crippen MR) is 138 cm³/mol. The number of ether oxygens (including phenoxy) is 3. The Bertz CT molecular complexity index is 1410. The third-order valence-electron chi connectivity index (χ3n) is 6.07. The molecule has 1 amide bonds. The quantitative estimate of drug-likeness (QED) is 0.342. The van der Waals surface area contributed by atoms with E-state index >= 15 is 0 Å². The largest absolute Gasteiger partial charge is 0.495 e. The third-order valence-corrected chi connectivity index (χ3v) is 6.07.